The van der Waals surface area contributed by atoms with Gasteiger partial charge < -0.3 is 10.1 Å². The van der Waals surface area contributed by atoms with Gasteiger partial charge in [-0.05, 0) is 12.5 Å². The molecule has 1 aliphatic heterocycles. The van der Waals surface area contributed by atoms with Crippen molar-refractivity contribution in [1.82, 2.24) is 10.2 Å². The number of ether oxygens (including phenoxy) is 1. The summed E-state index contributed by atoms with van der Waals surface area (Å²) in [6.07, 6.45) is 0. The highest BCUT2D eigenvalue weighted by molar-refractivity contribution is 9.24. The minimum atomic E-state index is -0.545. The molecule has 7 heteroatoms. The van der Waals surface area contributed by atoms with Gasteiger partial charge in [-0.15, -0.1) is 0 Å². The van der Waals surface area contributed by atoms with Crippen LogP contribution in [0, 0.1) is 0 Å². The Bertz CT molecular complexity index is 602. The standard InChI is InChI=1S/C15H16Br2N2O3/c1-3-22-14(20)10-11(9-7-5-4-6-8-9)18-15(21)19(2)12(10)13(16)17/h4-8,11,13H,3H2,1-2H3,(H,18,21). The van der Waals surface area contributed by atoms with Gasteiger partial charge in [0, 0.05) is 7.05 Å². The molecule has 2 rings (SSSR count). The fourth-order valence-electron chi connectivity index (χ4n) is 2.32. The molecule has 1 aromatic carbocycles. The molecule has 1 aliphatic rings. The molecule has 0 aromatic heterocycles. The van der Waals surface area contributed by atoms with Gasteiger partial charge >= 0.3 is 12.0 Å². The van der Waals surface area contributed by atoms with Crippen molar-refractivity contribution in [2.45, 2.75) is 16.7 Å². The van der Waals surface area contributed by atoms with Crippen molar-refractivity contribution in [3.05, 3.63) is 47.2 Å². The zero-order chi connectivity index (χ0) is 16.3. The Morgan fingerprint density at radius 3 is 2.55 bits per heavy atom. The number of benzene rings is 1. The van der Waals surface area contributed by atoms with Crippen LogP contribution in [0.2, 0.25) is 0 Å². The molecule has 118 valence electrons. The van der Waals surface area contributed by atoms with E-state index < -0.39 is 12.0 Å². The molecule has 1 N–H and O–H groups in total. The summed E-state index contributed by atoms with van der Waals surface area (Å²) in [5, 5.41) is 2.84. The van der Waals surface area contributed by atoms with Crippen LogP contribution in [-0.4, -0.2) is 34.3 Å². The quantitative estimate of drug-likeness (QED) is 0.587. The largest absolute Gasteiger partial charge is 0.463 e. The first-order valence-electron chi connectivity index (χ1n) is 6.75. The smallest absolute Gasteiger partial charge is 0.338 e. The Balaban J connectivity index is 2.59. The second-order valence-corrected chi connectivity index (χ2v) is 7.73. The van der Waals surface area contributed by atoms with Gasteiger partial charge in [-0.25, -0.2) is 9.59 Å². The van der Waals surface area contributed by atoms with Gasteiger partial charge in [0.1, 0.15) is 3.74 Å². The number of hydrogen-bond donors (Lipinski definition) is 1. The number of halogens is 2. The lowest BCUT2D eigenvalue weighted by molar-refractivity contribution is -0.139. The van der Waals surface area contributed by atoms with Crippen LogP contribution in [-0.2, 0) is 9.53 Å². The molecular formula is C15H16Br2N2O3. The molecule has 22 heavy (non-hydrogen) atoms. The number of hydrogen-bond acceptors (Lipinski definition) is 3. The van der Waals surface area contributed by atoms with Gasteiger partial charge in [-0.1, -0.05) is 62.2 Å². The lowest BCUT2D eigenvalue weighted by Gasteiger charge is -2.35. The highest BCUT2D eigenvalue weighted by Gasteiger charge is 2.38. The summed E-state index contributed by atoms with van der Waals surface area (Å²) in [6.45, 7) is 2.02. The molecule has 1 atom stereocenters. The zero-order valence-electron chi connectivity index (χ0n) is 12.2. The maximum atomic E-state index is 12.4. The second kappa shape index (κ2) is 7.28. The van der Waals surface area contributed by atoms with Crippen LogP contribution in [0.15, 0.2) is 41.6 Å². The molecule has 0 aliphatic carbocycles. The molecule has 5 nitrogen and oxygen atoms in total. The molecule has 0 saturated heterocycles. The second-order valence-electron chi connectivity index (χ2n) is 4.67. The van der Waals surface area contributed by atoms with E-state index in [2.05, 4.69) is 37.2 Å². The molecule has 0 fully saturated rings. The molecule has 0 radical (unpaired) electrons. The summed E-state index contributed by atoms with van der Waals surface area (Å²) in [4.78, 5) is 26.1. The maximum absolute atomic E-state index is 12.4. The zero-order valence-corrected chi connectivity index (χ0v) is 15.3. The summed E-state index contributed by atoms with van der Waals surface area (Å²) in [6, 6.07) is 8.52. The van der Waals surface area contributed by atoms with Gasteiger partial charge in [0.25, 0.3) is 0 Å². The van der Waals surface area contributed by atoms with E-state index in [1.165, 1.54) is 4.90 Å². The first-order chi connectivity index (χ1) is 10.5. The van der Waals surface area contributed by atoms with Crippen LogP contribution >= 0.6 is 31.9 Å². The maximum Gasteiger partial charge on any atom is 0.338 e. The normalized spacial score (nSPS) is 18.5. The minimum absolute atomic E-state index is 0.268. The van der Waals surface area contributed by atoms with Crippen LogP contribution in [0.1, 0.15) is 18.5 Å². The first-order valence-corrected chi connectivity index (χ1v) is 8.59. The van der Waals surface area contributed by atoms with Crippen molar-refractivity contribution >= 4 is 43.9 Å². The number of amides is 2. The van der Waals surface area contributed by atoms with Crippen molar-refractivity contribution in [2.24, 2.45) is 0 Å². The number of nitrogens with one attached hydrogen (secondary N) is 1. The van der Waals surface area contributed by atoms with Crippen molar-refractivity contribution < 1.29 is 14.3 Å². The van der Waals surface area contributed by atoms with Crippen molar-refractivity contribution in [3.63, 3.8) is 0 Å². The molecule has 1 heterocycles. The number of urea groups is 1. The summed E-state index contributed by atoms with van der Waals surface area (Å²) >= 11 is 6.79. The number of alkyl halides is 2. The first kappa shape index (κ1) is 17.0. The molecular weight excluding hydrogens is 416 g/mol. The van der Waals surface area contributed by atoms with E-state index >= 15 is 0 Å². The van der Waals surface area contributed by atoms with Gasteiger partial charge in [0.05, 0.1) is 23.9 Å². The summed E-state index contributed by atoms with van der Waals surface area (Å²) in [5.41, 5.74) is 1.77. The summed E-state index contributed by atoms with van der Waals surface area (Å²) < 4.78 is 4.83. The van der Waals surface area contributed by atoms with Crippen molar-refractivity contribution in [3.8, 4) is 0 Å². The summed E-state index contributed by atoms with van der Waals surface area (Å²) in [7, 11) is 1.61. The van der Waals surface area contributed by atoms with E-state index in [1.807, 2.05) is 30.3 Å². The van der Waals surface area contributed by atoms with Crippen LogP contribution in [0.5, 0.6) is 0 Å². The third kappa shape index (κ3) is 3.35. The SMILES string of the molecule is CCOC(=O)C1=C(C(Br)Br)N(C)C(=O)NC1c1ccccc1. The molecule has 0 saturated carbocycles. The Kier molecular flexibility index (Phi) is 5.63. The van der Waals surface area contributed by atoms with Gasteiger partial charge in [0.2, 0.25) is 0 Å². The molecule has 0 spiro atoms. The number of rotatable bonds is 4. The molecule has 0 bridgehead atoms. The third-order valence-corrected chi connectivity index (χ3v) is 4.20. The fraction of sp³-hybridized carbons (Fsp3) is 0.333. The highest BCUT2D eigenvalue weighted by atomic mass is 79.9. The summed E-state index contributed by atoms with van der Waals surface area (Å²) in [5.74, 6) is -0.442. The number of esters is 1. The van der Waals surface area contributed by atoms with Crippen molar-refractivity contribution in [2.75, 3.05) is 13.7 Å². The van der Waals surface area contributed by atoms with E-state index in [0.29, 0.717) is 11.3 Å². The number of carbonyl (C=O) groups is 2. The van der Waals surface area contributed by atoms with E-state index in [1.54, 1.807) is 14.0 Å². The minimum Gasteiger partial charge on any atom is -0.463 e. The molecule has 1 unspecified atom stereocenters. The topological polar surface area (TPSA) is 58.6 Å². The van der Waals surface area contributed by atoms with Crippen LogP contribution < -0.4 is 5.32 Å². The fourth-order valence-corrected chi connectivity index (χ4v) is 3.43. The lowest BCUT2D eigenvalue weighted by Crippen LogP contribution is -2.48. The van der Waals surface area contributed by atoms with Crippen LogP contribution in [0.4, 0.5) is 4.79 Å². The van der Waals surface area contributed by atoms with E-state index in [9.17, 15) is 9.59 Å². The van der Waals surface area contributed by atoms with Crippen LogP contribution in [0.25, 0.3) is 0 Å². The van der Waals surface area contributed by atoms with Crippen LogP contribution in [0.3, 0.4) is 0 Å². The van der Waals surface area contributed by atoms with E-state index in [0.717, 1.165) is 5.56 Å². The lowest BCUT2D eigenvalue weighted by atomic mass is 9.95. The Morgan fingerprint density at radius 2 is 2.00 bits per heavy atom. The van der Waals surface area contributed by atoms with E-state index in [4.69, 9.17) is 4.74 Å². The van der Waals surface area contributed by atoms with Gasteiger partial charge in [-0.3, -0.25) is 4.90 Å². The monoisotopic (exact) mass is 430 g/mol. The predicted molar refractivity (Wildman–Crippen MR) is 90.8 cm³/mol. The van der Waals surface area contributed by atoms with E-state index in [-0.39, 0.29) is 16.4 Å². The average molecular weight is 432 g/mol. The third-order valence-electron chi connectivity index (χ3n) is 3.33. The molecule has 1 aromatic rings. The van der Waals surface area contributed by atoms with Gasteiger partial charge in [0.15, 0.2) is 0 Å². The van der Waals surface area contributed by atoms with Gasteiger partial charge in [-0.2, -0.15) is 0 Å². The number of carbonyl (C=O) groups excluding carboxylic acids is 2. The average Bonchev–Trinajstić information content (AvgIpc) is 2.50. The molecule has 2 amide bonds. The highest BCUT2D eigenvalue weighted by Crippen LogP contribution is 2.35. The number of allylic oxidation sites excluding steroid dienone is 1. The van der Waals surface area contributed by atoms with Crippen molar-refractivity contribution in [1.29, 1.82) is 0 Å². The Morgan fingerprint density at radius 1 is 1.36 bits per heavy atom. The Labute approximate surface area is 146 Å². The Hall–Kier alpha value is -1.34. The predicted octanol–water partition coefficient (Wildman–Crippen LogP) is 3.32. The number of nitrogens with zero attached hydrogens (tertiary/aromatic N) is 1.